The number of fused-ring (bicyclic) bond motifs is 8. The third-order valence-electron chi connectivity index (χ3n) is 15.9. The van der Waals surface area contributed by atoms with Crippen LogP contribution < -0.4 is 5.32 Å². The van der Waals surface area contributed by atoms with E-state index in [1.165, 1.54) is 19.4 Å². The molecule has 1 aromatic carbocycles. The minimum absolute atomic E-state index is 0.0158. The molecule has 380 valence electrons. The molecule has 2 aromatic rings. The van der Waals surface area contributed by atoms with Gasteiger partial charge in [0.2, 0.25) is 14.2 Å². The number of rotatable bonds is 14. The second-order valence-corrected chi connectivity index (χ2v) is 27.8. The number of alkyl carbamates (subject to hydrolysis) is 1. The van der Waals surface area contributed by atoms with E-state index in [2.05, 4.69) is 58.4 Å². The molecule has 17 heteroatoms. The van der Waals surface area contributed by atoms with Gasteiger partial charge in [-0.25, -0.2) is 19.4 Å². The molecule has 2 saturated carbocycles. The van der Waals surface area contributed by atoms with Crippen molar-refractivity contribution in [1.29, 1.82) is 0 Å². The van der Waals surface area contributed by atoms with Crippen molar-refractivity contribution in [3.05, 3.63) is 78.0 Å². The van der Waals surface area contributed by atoms with Gasteiger partial charge in [0.1, 0.15) is 47.9 Å². The summed E-state index contributed by atoms with van der Waals surface area (Å²) in [5.74, 6) is -3.12. The summed E-state index contributed by atoms with van der Waals surface area (Å²) in [7, 11) is -3.01. The summed E-state index contributed by atoms with van der Waals surface area (Å²) in [6, 6.07) is 7.13. The van der Waals surface area contributed by atoms with Gasteiger partial charge in [0.25, 0.3) is 0 Å². The van der Waals surface area contributed by atoms with Crippen molar-refractivity contribution in [2.75, 3.05) is 6.61 Å². The Balaban J connectivity index is 1.44. The SMILES string of the molecule is C=C[C@@H]1O[C@@H]2C3=C(C)[C@@H](OC(=O)[C@H](O[Si](C(C)C)(C(C)C)C(C)C)[C@@H](NC(=O)OC(C)(C)C)c4ncco4)C[C@@](O)([C@@H](OC(=O)c4ccccc4)[C@H]4[C@@](C)(CC[C@H]5OC[C@]54OC(C)=O)[C@@H]2O1)C3(C)C. The maximum Gasteiger partial charge on any atom is 0.408 e. The quantitative estimate of drug-likeness (QED) is 0.0787. The van der Waals surface area contributed by atoms with Crippen molar-refractivity contribution in [2.24, 2.45) is 16.7 Å². The van der Waals surface area contributed by atoms with Crippen LogP contribution in [0.5, 0.6) is 0 Å². The number of amides is 1. The number of hydrogen-bond acceptors (Lipinski definition) is 15. The predicted octanol–water partition coefficient (Wildman–Crippen LogP) is 8.84. The molecule has 1 aromatic heterocycles. The number of hydrogen-bond donors (Lipinski definition) is 2. The summed E-state index contributed by atoms with van der Waals surface area (Å²) in [6.07, 6.45) is -3.20. The second kappa shape index (κ2) is 19.0. The summed E-state index contributed by atoms with van der Waals surface area (Å²) >= 11 is 0. The number of esters is 3. The Bertz CT molecular complexity index is 2250. The monoisotopic (exact) mass is 978 g/mol. The molecule has 3 aliphatic carbocycles. The third-order valence-corrected chi connectivity index (χ3v) is 22.0. The van der Waals surface area contributed by atoms with Crippen LogP contribution in [0.3, 0.4) is 0 Å². The first-order valence-electron chi connectivity index (χ1n) is 24.4. The summed E-state index contributed by atoms with van der Waals surface area (Å²) in [4.78, 5) is 61.7. The van der Waals surface area contributed by atoms with Crippen molar-refractivity contribution in [2.45, 2.75) is 199 Å². The van der Waals surface area contributed by atoms with Gasteiger partial charge in [-0.05, 0) is 86.5 Å². The number of ether oxygens (including phenoxy) is 7. The van der Waals surface area contributed by atoms with Gasteiger partial charge < -0.3 is 52.4 Å². The molecule has 2 bridgehead atoms. The molecule has 0 unspecified atom stereocenters. The molecule has 1 amide bonds. The number of nitrogens with one attached hydrogen (secondary N) is 1. The number of benzene rings is 1. The van der Waals surface area contributed by atoms with Crippen molar-refractivity contribution in [1.82, 2.24) is 10.3 Å². The molecule has 2 aliphatic heterocycles. The van der Waals surface area contributed by atoms with E-state index in [-0.39, 0.29) is 41.1 Å². The summed E-state index contributed by atoms with van der Waals surface area (Å²) in [5.41, 5.74) is -5.30. The molecule has 3 heterocycles. The standard InChI is InChI=1S/C52H74N2O14Si/c1-16-36-63-39-37-31(8)34(62-46(57)40(68-69(28(2)3,29(4)5)30(6)7)38(44-53-24-25-60-44)54-47(58)67-48(10,11)12)26-52(59,49(37,13)14)43(65-45(56)33-20-18-17-19-21-33)41-50(15,42(39)64-36)23-22-35-51(41,27-61-35)66-32(9)55/h16-21,24-25,28-30,34-36,38-43,59H,1,22-23,26-27H2,2-15H3,(H,54,58)/t34-,35+,36+,38+,39+,40+,41-,42+,43-,50+,51-,52+/m0/s1. The van der Waals surface area contributed by atoms with E-state index >= 15 is 4.79 Å². The van der Waals surface area contributed by atoms with Gasteiger partial charge in [0.15, 0.2) is 18.0 Å². The fourth-order valence-electron chi connectivity index (χ4n) is 12.9. The Morgan fingerprint density at radius 2 is 1.64 bits per heavy atom. The zero-order valence-corrected chi connectivity index (χ0v) is 43.8. The molecule has 2 saturated heterocycles. The molecule has 7 rings (SSSR count). The molecule has 16 nitrogen and oxygen atoms in total. The lowest BCUT2D eigenvalue weighted by Crippen LogP contribution is -2.79. The van der Waals surface area contributed by atoms with E-state index in [4.69, 9.17) is 42.0 Å². The van der Waals surface area contributed by atoms with Crippen LogP contribution in [-0.4, -0.2) is 109 Å². The molecule has 0 radical (unpaired) electrons. The first kappa shape index (κ1) is 52.4. The topological polar surface area (TPSA) is 200 Å². The summed E-state index contributed by atoms with van der Waals surface area (Å²) in [6.45, 7) is 30.5. The fraction of sp³-hybridized carbons (Fsp3) is 0.673. The van der Waals surface area contributed by atoms with Crippen LogP contribution in [0.15, 0.2) is 71.0 Å². The molecule has 0 spiro atoms. The molecule has 5 aliphatic rings. The largest absolute Gasteiger partial charge is 0.456 e. The van der Waals surface area contributed by atoms with E-state index in [0.717, 1.165) is 0 Å². The zero-order valence-electron chi connectivity index (χ0n) is 42.8. The maximum absolute atomic E-state index is 15.7. The Hall–Kier alpha value is -4.39. The Morgan fingerprint density at radius 3 is 2.17 bits per heavy atom. The van der Waals surface area contributed by atoms with Crippen LogP contribution in [0.4, 0.5) is 4.79 Å². The highest BCUT2D eigenvalue weighted by atomic mass is 28.4. The van der Waals surface area contributed by atoms with Crippen molar-refractivity contribution < 1.29 is 66.3 Å². The highest BCUT2D eigenvalue weighted by molar-refractivity contribution is 6.77. The van der Waals surface area contributed by atoms with E-state index < -0.39 is 115 Å². The van der Waals surface area contributed by atoms with E-state index in [1.54, 1.807) is 57.2 Å². The first-order valence-corrected chi connectivity index (χ1v) is 26.5. The smallest absolute Gasteiger partial charge is 0.408 e. The van der Waals surface area contributed by atoms with Gasteiger partial charge in [0.05, 0.1) is 30.4 Å². The number of carbonyl (C=O) groups excluding carboxylic acids is 4. The summed E-state index contributed by atoms with van der Waals surface area (Å²) in [5, 5.41) is 17.0. The molecule has 4 fully saturated rings. The van der Waals surface area contributed by atoms with Gasteiger partial charge in [-0.2, -0.15) is 0 Å². The first-order chi connectivity index (χ1) is 32.2. The predicted molar refractivity (Wildman–Crippen MR) is 255 cm³/mol. The minimum atomic E-state index is -3.01. The van der Waals surface area contributed by atoms with Gasteiger partial charge in [-0.15, -0.1) is 0 Å². The number of oxazole rings is 1. The van der Waals surface area contributed by atoms with Gasteiger partial charge >= 0.3 is 24.0 Å². The van der Waals surface area contributed by atoms with Crippen LogP contribution in [-0.2, 0) is 47.2 Å². The molecule has 69 heavy (non-hydrogen) atoms. The molecular weight excluding hydrogens is 905 g/mol. The minimum Gasteiger partial charge on any atom is -0.456 e. The molecular formula is C52H74N2O14Si. The van der Waals surface area contributed by atoms with Gasteiger partial charge in [-0.1, -0.05) is 87.1 Å². The highest BCUT2D eigenvalue weighted by Gasteiger charge is 2.77. The van der Waals surface area contributed by atoms with Crippen LogP contribution in [0, 0.1) is 16.7 Å². The van der Waals surface area contributed by atoms with Crippen LogP contribution >= 0.6 is 0 Å². The number of aliphatic hydroxyl groups is 1. The Morgan fingerprint density at radius 1 is 0.986 bits per heavy atom. The number of carbonyl (C=O) groups is 4. The molecule has 2 N–H and O–H groups in total. The molecule has 12 atom stereocenters. The third kappa shape index (κ3) is 9.02. The van der Waals surface area contributed by atoms with Gasteiger partial charge in [0, 0.05) is 24.2 Å². The van der Waals surface area contributed by atoms with E-state index in [1.807, 2.05) is 27.7 Å². The second-order valence-electron chi connectivity index (χ2n) is 22.4. The van der Waals surface area contributed by atoms with Crippen LogP contribution in [0.2, 0.25) is 16.6 Å². The van der Waals surface area contributed by atoms with Crippen LogP contribution in [0.1, 0.15) is 138 Å². The van der Waals surface area contributed by atoms with Crippen molar-refractivity contribution in [3.63, 3.8) is 0 Å². The lowest BCUT2D eigenvalue weighted by molar-refractivity contribution is -0.345. The average Bonchev–Trinajstić information content (AvgIpc) is 3.94. The summed E-state index contributed by atoms with van der Waals surface area (Å²) < 4.78 is 58.6. The highest BCUT2D eigenvalue weighted by Crippen LogP contribution is 2.67. The lowest BCUT2D eigenvalue weighted by atomic mass is 9.45. The Kier molecular flexibility index (Phi) is 14.4. The maximum atomic E-state index is 15.7. The van der Waals surface area contributed by atoms with E-state index in [9.17, 15) is 19.5 Å². The van der Waals surface area contributed by atoms with Crippen molar-refractivity contribution >= 4 is 32.3 Å². The van der Waals surface area contributed by atoms with Crippen molar-refractivity contribution in [3.8, 4) is 0 Å². The fourth-order valence-corrected chi connectivity index (χ4v) is 18.4. The van der Waals surface area contributed by atoms with E-state index in [0.29, 0.717) is 24.0 Å². The zero-order chi connectivity index (χ0) is 50.8. The number of aromatic nitrogens is 1. The average molecular weight is 979 g/mol. The normalized spacial score (nSPS) is 32.6. The van der Waals surface area contributed by atoms with Gasteiger partial charge in [-0.3, -0.25) is 4.79 Å². The van der Waals surface area contributed by atoms with Crippen LogP contribution in [0.25, 0.3) is 0 Å². The Labute approximate surface area is 407 Å². The number of nitrogens with zero attached hydrogens (tertiary/aromatic N) is 1. The lowest BCUT2D eigenvalue weighted by Gasteiger charge is -2.68.